The summed E-state index contributed by atoms with van der Waals surface area (Å²) in [6.45, 7) is 3.76. The van der Waals surface area contributed by atoms with Crippen LogP contribution in [0.2, 0.25) is 0 Å². The number of nitrogens with zero attached hydrogens (tertiary/aromatic N) is 1. The zero-order chi connectivity index (χ0) is 13.8. The molecule has 4 N–H and O–H groups in total. The van der Waals surface area contributed by atoms with Gasteiger partial charge in [0, 0.05) is 31.6 Å². The van der Waals surface area contributed by atoms with E-state index in [2.05, 4.69) is 0 Å². The van der Waals surface area contributed by atoms with Gasteiger partial charge >= 0.3 is 0 Å². The van der Waals surface area contributed by atoms with Crippen LogP contribution in [0.25, 0.3) is 0 Å². The van der Waals surface area contributed by atoms with Crippen molar-refractivity contribution in [2.75, 3.05) is 37.4 Å². The molecule has 0 aliphatic rings. The summed E-state index contributed by atoms with van der Waals surface area (Å²) in [4.78, 5) is 1.88. The fraction of sp³-hybridized carbons (Fsp3) is 0.455. The molecule has 0 aromatic heterocycles. The average molecular weight is 273 g/mol. The van der Waals surface area contributed by atoms with E-state index >= 15 is 0 Å². The fourth-order valence-electron chi connectivity index (χ4n) is 1.47. The van der Waals surface area contributed by atoms with Crippen molar-refractivity contribution in [3.63, 3.8) is 0 Å². The number of hydrogen-bond acceptors (Lipinski definition) is 5. The van der Waals surface area contributed by atoms with Crippen LogP contribution in [0.3, 0.4) is 0 Å². The number of sulfonamides is 1. The molecule has 0 heterocycles. The van der Waals surface area contributed by atoms with Crippen LogP contribution < -0.4 is 15.8 Å². The lowest BCUT2D eigenvalue weighted by Crippen LogP contribution is -2.23. The largest absolute Gasteiger partial charge is 0.399 e. The van der Waals surface area contributed by atoms with Gasteiger partial charge in [-0.1, -0.05) is 0 Å². The molecule has 7 heteroatoms. The summed E-state index contributed by atoms with van der Waals surface area (Å²) in [7, 11) is -1.91. The summed E-state index contributed by atoms with van der Waals surface area (Å²) in [6, 6.07) is 4.54. The summed E-state index contributed by atoms with van der Waals surface area (Å²) < 4.78 is 27.8. The molecule has 18 heavy (non-hydrogen) atoms. The van der Waals surface area contributed by atoms with E-state index in [9.17, 15) is 8.42 Å². The minimum Gasteiger partial charge on any atom is -0.399 e. The maximum absolute atomic E-state index is 11.3. The lowest BCUT2D eigenvalue weighted by Gasteiger charge is -2.20. The van der Waals surface area contributed by atoms with Crippen LogP contribution in [0.5, 0.6) is 0 Å². The van der Waals surface area contributed by atoms with Crippen molar-refractivity contribution in [1.29, 1.82) is 0 Å². The molecule has 0 bridgehead atoms. The van der Waals surface area contributed by atoms with Crippen molar-refractivity contribution >= 4 is 21.4 Å². The van der Waals surface area contributed by atoms with E-state index in [4.69, 9.17) is 15.6 Å². The van der Waals surface area contributed by atoms with Crippen LogP contribution in [0.1, 0.15) is 6.92 Å². The topological polar surface area (TPSA) is 98.7 Å². The highest BCUT2D eigenvalue weighted by Gasteiger charge is 2.11. The monoisotopic (exact) mass is 273 g/mol. The van der Waals surface area contributed by atoms with Gasteiger partial charge < -0.3 is 15.4 Å². The molecule has 1 rings (SSSR count). The number of nitrogen functional groups attached to an aromatic ring is 1. The van der Waals surface area contributed by atoms with Crippen LogP contribution in [0.4, 0.5) is 11.4 Å². The summed E-state index contributed by atoms with van der Waals surface area (Å²) in [5.74, 6) is 0. The Morgan fingerprint density at radius 2 is 2.00 bits per heavy atom. The van der Waals surface area contributed by atoms with E-state index in [-0.39, 0.29) is 4.90 Å². The predicted octanol–water partition coefficient (Wildman–Crippen LogP) is 0.389. The molecule has 0 fully saturated rings. The van der Waals surface area contributed by atoms with Crippen molar-refractivity contribution in [3.05, 3.63) is 18.2 Å². The first kappa shape index (κ1) is 14.7. The Kier molecular flexibility index (Phi) is 4.94. The van der Waals surface area contributed by atoms with Crippen molar-refractivity contribution in [2.45, 2.75) is 11.8 Å². The van der Waals surface area contributed by atoms with Gasteiger partial charge in [-0.3, -0.25) is 0 Å². The zero-order valence-electron chi connectivity index (χ0n) is 10.6. The molecule has 0 saturated heterocycles. The van der Waals surface area contributed by atoms with E-state index in [0.29, 0.717) is 31.1 Å². The molecule has 102 valence electrons. The number of likely N-dealkylation sites (N-methyl/N-ethyl adjacent to an activating group) is 1. The van der Waals surface area contributed by atoms with Gasteiger partial charge in [0.2, 0.25) is 10.0 Å². The normalized spacial score (nSPS) is 11.5. The molecule has 1 aromatic rings. The third-order valence-corrected chi connectivity index (χ3v) is 3.35. The van der Waals surface area contributed by atoms with Crippen LogP contribution in [0, 0.1) is 0 Å². The fourth-order valence-corrected chi connectivity index (χ4v) is 2.05. The maximum atomic E-state index is 11.3. The van der Waals surface area contributed by atoms with Gasteiger partial charge in [0.05, 0.1) is 11.5 Å². The molecule has 1 aromatic carbocycles. The summed E-state index contributed by atoms with van der Waals surface area (Å²) >= 11 is 0. The van der Waals surface area contributed by atoms with Crippen LogP contribution in [-0.4, -0.2) is 35.2 Å². The Bertz CT molecular complexity index is 502. The number of nitrogens with two attached hydrogens (primary N) is 2. The Hall–Kier alpha value is -1.31. The van der Waals surface area contributed by atoms with Crippen molar-refractivity contribution in [2.24, 2.45) is 5.14 Å². The van der Waals surface area contributed by atoms with Gasteiger partial charge in [-0.15, -0.1) is 0 Å². The molecular formula is C11H19N3O3S. The standard InChI is InChI=1S/C11H19N3O3S/c1-3-17-5-4-14(2)10-6-9(12)7-11(8-10)18(13,15)16/h6-8H,3-5,12H2,1-2H3,(H2,13,15,16). The third kappa shape index (κ3) is 4.17. The van der Waals surface area contributed by atoms with Crippen molar-refractivity contribution in [1.82, 2.24) is 0 Å². The molecule has 0 unspecified atom stereocenters. The van der Waals surface area contributed by atoms with Crippen LogP contribution in [0.15, 0.2) is 23.1 Å². The lowest BCUT2D eigenvalue weighted by atomic mass is 10.2. The predicted molar refractivity (Wildman–Crippen MR) is 72.0 cm³/mol. The second-order valence-corrected chi connectivity index (χ2v) is 5.49. The highest BCUT2D eigenvalue weighted by molar-refractivity contribution is 7.89. The Labute approximate surface area is 108 Å². The SMILES string of the molecule is CCOCCN(C)c1cc(N)cc(S(N)(=O)=O)c1. The highest BCUT2D eigenvalue weighted by atomic mass is 32.2. The van der Waals surface area contributed by atoms with Gasteiger partial charge in [-0.2, -0.15) is 0 Å². The highest BCUT2D eigenvalue weighted by Crippen LogP contribution is 2.22. The number of rotatable bonds is 6. The maximum Gasteiger partial charge on any atom is 0.238 e. The molecule has 0 radical (unpaired) electrons. The summed E-state index contributed by atoms with van der Waals surface area (Å²) in [6.07, 6.45) is 0. The molecule has 0 saturated carbocycles. The van der Waals surface area contributed by atoms with Crippen molar-refractivity contribution < 1.29 is 13.2 Å². The van der Waals surface area contributed by atoms with Gasteiger partial charge in [0.25, 0.3) is 0 Å². The van der Waals surface area contributed by atoms with E-state index in [1.54, 1.807) is 6.07 Å². The molecule has 0 amide bonds. The quantitative estimate of drug-likeness (QED) is 0.577. The number of hydrogen-bond donors (Lipinski definition) is 2. The minimum absolute atomic E-state index is 0.0146. The summed E-state index contributed by atoms with van der Waals surface area (Å²) in [5.41, 5.74) is 6.72. The first-order valence-electron chi connectivity index (χ1n) is 5.57. The minimum atomic E-state index is -3.74. The average Bonchev–Trinajstić information content (AvgIpc) is 2.27. The smallest absolute Gasteiger partial charge is 0.238 e. The van der Waals surface area contributed by atoms with E-state index < -0.39 is 10.0 Å². The van der Waals surface area contributed by atoms with Gasteiger partial charge in [-0.05, 0) is 25.1 Å². The Balaban J connectivity index is 2.92. The molecule has 0 aliphatic carbocycles. The molecule has 0 spiro atoms. The van der Waals surface area contributed by atoms with Gasteiger partial charge in [0.15, 0.2) is 0 Å². The molecule has 0 aliphatic heterocycles. The van der Waals surface area contributed by atoms with E-state index in [0.717, 1.165) is 0 Å². The van der Waals surface area contributed by atoms with Crippen molar-refractivity contribution in [3.8, 4) is 0 Å². The first-order chi connectivity index (χ1) is 8.34. The molecule has 6 nitrogen and oxygen atoms in total. The Morgan fingerprint density at radius 1 is 1.33 bits per heavy atom. The lowest BCUT2D eigenvalue weighted by molar-refractivity contribution is 0.154. The zero-order valence-corrected chi connectivity index (χ0v) is 11.4. The second-order valence-electron chi connectivity index (χ2n) is 3.92. The van der Waals surface area contributed by atoms with E-state index in [1.807, 2.05) is 18.9 Å². The molecular weight excluding hydrogens is 254 g/mol. The van der Waals surface area contributed by atoms with Crippen LogP contribution in [-0.2, 0) is 14.8 Å². The van der Waals surface area contributed by atoms with Gasteiger partial charge in [-0.25, -0.2) is 13.6 Å². The second kappa shape index (κ2) is 6.03. The number of benzene rings is 1. The number of ether oxygens (including phenoxy) is 1. The molecule has 0 atom stereocenters. The third-order valence-electron chi connectivity index (χ3n) is 2.46. The Morgan fingerprint density at radius 3 is 2.56 bits per heavy atom. The summed E-state index contributed by atoms with van der Waals surface area (Å²) in [5, 5.41) is 5.09. The number of anilines is 2. The van der Waals surface area contributed by atoms with Crippen LogP contribution >= 0.6 is 0 Å². The van der Waals surface area contributed by atoms with E-state index in [1.165, 1.54) is 12.1 Å². The first-order valence-corrected chi connectivity index (χ1v) is 7.11. The van der Waals surface area contributed by atoms with Gasteiger partial charge in [0.1, 0.15) is 0 Å². The number of primary sulfonamides is 1.